The van der Waals surface area contributed by atoms with Crippen molar-refractivity contribution in [3.8, 4) is 22.8 Å². The third kappa shape index (κ3) is 3.90. The number of imidazole rings is 1. The van der Waals surface area contributed by atoms with Gasteiger partial charge in [0.2, 0.25) is 5.82 Å². The summed E-state index contributed by atoms with van der Waals surface area (Å²) in [6.45, 7) is 0. The van der Waals surface area contributed by atoms with E-state index < -0.39 is 29.0 Å². The summed E-state index contributed by atoms with van der Waals surface area (Å²) < 4.78 is 61.2. The minimum absolute atomic E-state index is 0.165. The van der Waals surface area contributed by atoms with E-state index in [2.05, 4.69) is 15.3 Å². The van der Waals surface area contributed by atoms with E-state index in [1.807, 2.05) is 0 Å². The number of amides is 1. The maximum absolute atomic E-state index is 13.7. The molecule has 34 heavy (non-hydrogen) atoms. The van der Waals surface area contributed by atoms with E-state index in [4.69, 9.17) is 4.42 Å². The summed E-state index contributed by atoms with van der Waals surface area (Å²) in [6.07, 6.45) is 1.39. The van der Waals surface area contributed by atoms with Gasteiger partial charge in [0.15, 0.2) is 0 Å². The zero-order valence-electron chi connectivity index (χ0n) is 17.2. The van der Waals surface area contributed by atoms with Gasteiger partial charge in [-0.3, -0.25) is 9.20 Å². The lowest BCUT2D eigenvalue weighted by Gasteiger charge is -2.15. The number of anilines is 1. The Labute approximate surface area is 189 Å². The molecule has 3 heterocycles. The lowest BCUT2D eigenvalue weighted by atomic mass is 9.98. The molecule has 5 aromatic rings. The van der Waals surface area contributed by atoms with E-state index in [1.54, 1.807) is 28.9 Å². The number of hydrogen-bond donors (Lipinski definition) is 1. The average Bonchev–Trinajstić information content (AvgIpc) is 3.49. The molecule has 0 aliphatic heterocycles. The molecule has 1 N–H and O–H groups in total. The highest BCUT2D eigenvalue weighted by Crippen LogP contribution is 2.36. The summed E-state index contributed by atoms with van der Waals surface area (Å²) in [5, 5.41) is 2.39. The Morgan fingerprint density at radius 3 is 2.53 bits per heavy atom. The first kappa shape index (κ1) is 21.4. The third-order valence-electron chi connectivity index (χ3n) is 5.18. The van der Waals surface area contributed by atoms with Crippen LogP contribution in [0.25, 0.3) is 28.4 Å². The van der Waals surface area contributed by atoms with Gasteiger partial charge in [0.05, 0.1) is 29.0 Å². The van der Waals surface area contributed by atoms with Gasteiger partial charge in [-0.1, -0.05) is 12.1 Å². The molecule has 2 aromatic carbocycles. The Balaban J connectivity index is 1.60. The summed E-state index contributed by atoms with van der Waals surface area (Å²) in [4.78, 5) is 21.2. The monoisotopic (exact) mass is 466 g/mol. The number of carbonyl (C=O) groups excluding carboxylic acids is 1. The van der Waals surface area contributed by atoms with E-state index in [1.165, 1.54) is 36.7 Å². The van der Waals surface area contributed by atoms with Crippen molar-refractivity contribution < 1.29 is 26.8 Å². The standard InChI is InChI=1S/C24H14F4N4O2/c25-15-4-6-16(7-5-15)31-22(33)18-12-14(3-8-19(18)24(26,27)28)17-2-1-10-32-20(17)13-30-21(32)23-29-9-11-34-23/h1-13H,(H,31,33). The largest absolute Gasteiger partial charge is 0.442 e. The van der Waals surface area contributed by atoms with E-state index >= 15 is 0 Å². The highest BCUT2D eigenvalue weighted by Gasteiger charge is 2.35. The van der Waals surface area contributed by atoms with Crippen LogP contribution in [0.2, 0.25) is 0 Å². The maximum atomic E-state index is 13.7. The Hall–Kier alpha value is -4.47. The maximum Gasteiger partial charge on any atom is 0.417 e. The minimum Gasteiger partial charge on any atom is -0.442 e. The highest BCUT2D eigenvalue weighted by atomic mass is 19.4. The van der Waals surface area contributed by atoms with Crippen LogP contribution in [0.1, 0.15) is 15.9 Å². The SMILES string of the molecule is O=C(Nc1ccc(F)cc1)c1cc(-c2cccn3c(-c4ncco4)ncc23)ccc1C(F)(F)F. The fraction of sp³-hybridized carbons (Fsp3) is 0.0417. The van der Waals surface area contributed by atoms with Crippen LogP contribution in [-0.4, -0.2) is 20.3 Å². The Morgan fingerprint density at radius 1 is 1.03 bits per heavy atom. The molecule has 1 amide bonds. The van der Waals surface area contributed by atoms with Gasteiger partial charge in [-0.25, -0.2) is 14.4 Å². The average molecular weight is 466 g/mol. The molecule has 0 bridgehead atoms. The highest BCUT2D eigenvalue weighted by molar-refractivity contribution is 6.06. The van der Waals surface area contributed by atoms with Gasteiger partial charge >= 0.3 is 6.18 Å². The van der Waals surface area contributed by atoms with Crippen molar-refractivity contribution in [3.05, 3.63) is 96.4 Å². The Kier molecular flexibility index (Phi) is 5.12. The van der Waals surface area contributed by atoms with Gasteiger partial charge in [0, 0.05) is 17.4 Å². The van der Waals surface area contributed by atoms with Crippen molar-refractivity contribution in [3.63, 3.8) is 0 Å². The molecular weight excluding hydrogens is 452 g/mol. The number of fused-ring (bicyclic) bond motifs is 1. The van der Waals surface area contributed by atoms with Crippen molar-refractivity contribution in [2.45, 2.75) is 6.18 Å². The normalized spacial score (nSPS) is 11.6. The van der Waals surface area contributed by atoms with Crippen molar-refractivity contribution in [2.75, 3.05) is 5.32 Å². The van der Waals surface area contributed by atoms with Crippen molar-refractivity contribution >= 4 is 17.1 Å². The lowest BCUT2D eigenvalue weighted by Crippen LogP contribution is -2.19. The summed E-state index contributed by atoms with van der Waals surface area (Å²) in [5.41, 5.74) is 0.0263. The molecule has 0 radical (unpaired) electrons. The second kappa shape index (κ2) is 8.14. The third-order valence-corrected chi connectivity index (χ3v) is 5.18. The fourth-order valence-corrected chi connectivity index (χ4v) is 3.64. The number of alkyl halides is 3. The number of hydrogen-bond acceptors (Lipinski definition) is 4. The van der Waals surface area contributed by atoms with Crippen LogP contribution in [0, 0.1) is 5.82 Å². The lowest BCUT2D eigenvalue weighted by molar-refractivity contribution is -0.137. The number of pyridine rings is 1. The molecule has 0 atom stereocenters. The molecule has 0 fully saturated rings. The van der Waals surface area contributed by atoms with Crippen LogP contribution in [0.15, 0.2) is 83.9 Å². The van der Waals surface area contributed by atoms with E-state index in [0.717, 1.165) is 18.2 Å². The van der Waals surface area contributed by atoms with E-state index in [0.29, 0.717) is 22.5 Å². The number of carbonyl (C=O) groups is 1. The van der Waals surface area contributed by atoms with E-state index in [-0.39, 0.29) is 11.6 Å². The van der Waals surface area contributed by atoms with Crippen LogP contribution < -0.4 is 5.32 Å². The topological polar surface area (TPSA) is 72.4 Å². The van der Waals surface area contributed by atoms with Gasteiger partial charge in [-0.15, -0.1) is 0 Å². The first-order chi connectivity index (χ1) is 16.3. The van der Waals surface area contributed by atoms with Crippen LogP contribution >= 0.6 is 0 Å². The number of nitrogens with one attached hydrogen (secondary N) is 1. The molecular formula is C24H14F4N4O2. The summed E-state index contributed by atoms with van der Waals surface area (Å²) >= 11 is 0. The Bertz CT molecular complexity index is 1490. The van der Waals surface area contributed by atoms with Crippen molar-refractivity contribution in [1.29, 1.82) is 0 Å². The summed E-state index contributed by atoms with van der Waals surface area (Å²) in [6, 6.07) is 11.5. The van der Waals surface area contributed by atoms with Crippen LogP contribution in [0.5, 0.6) is 0 Å². The molecule has 0 spiro atoms. The molecule has 0 saturated carbocycles. The van der Waals surface area contributed by atoms with Crippen molar-refractivity contribution in [2.24, 2.45) is 0 Å². The number of nitrogens with zero attached hydrogens (tertiary/aromatic N) is 3. The van der Waals surface area contributed by atoms with Crippen LogP contribution in [0.3, 0.4) is 0 Å². The first-order valence-electron chi connectivity index (χ1n) is 9.96. The predicted octanol–water partition coefficient (Wildman–Crippen LogP) is 6.07. The number of oxazole rings is 1. The van der Waals surface area contributed by atoms with Gasteiger partial charge in [-0.05, 0) is 48.0 Å². The number of aromatic nitrogens is 3. The first-order valence-corrected chi connectivity index (χ1v) is 9.96. The number of benzene rings is 2. The molecule has 0 aliphatic carbocycles. The van der Waals surface area contributed by atoms with Crippen LogP contribution in [-0.2, 0) is 6.18 Å². The molecule has 10 heteroatoms. The van der Waals surface area contributed by atoms with E-state index in [9.17, 15) is 22.4 Å². The molecule has 5 rings (SSSR count). The second-order valence-electron chi connectivity index (χ2n) is 7.32. The number of rotatable bonds is 4. The molecule has 170 valence electrons. The zero-order valence-corrected chi connectivity index (χ0v) is 17.2. The predicted molar refractivity (Wildman–Crippen MR) is 115 cm³/mol. The smallest absolute Gasteiger partial charge is 0.417 e. The fourth-order valence-electron chi connectivity index (χ4n) is 3.64. The quantitative estimate of drug-likeness (QED) is 0.327. The van der Waals surface area contributed by atoms with Gasteiger partial charge in [0.1, 0.15) is 12.1 Å². The molecule has 6 nitrogen and oxygen atoms in total. The van der Waals surface area contributed by atoms with Gasteiger partial charge in [-0.2, -0.15) is 13.2 Å². The van der Waals surface area contributed by atoms with Gasteiger partial charge < -0.3 is 9.73 Å². The zero-order chi connectivity index (χ0) is 23.9. The van der Waals surface area contributed by atoms with Crippen molar-refractivity contribution in [1.82, 2.24) is 14.4 Å². The molecule has 0 unspecified atom stereocenters. The summed E-state index contributed by atoms with van der Waals surface area (Å²) in [7, 11) is 0. The second-order valence-corrected chi connectivity index (χ2v) is 7.32. The van der Waals surface area contributed by atoms with Gasteiger partial charge in [0.25, 0.3) is 11.8 Å². The number of halogens is 4. The van der Waals surface area contributed by atoms with Crippen LogP contribution in [0.4, 0.5) is 23.2 Å². The molecule has 0 saturated heterocycles. The minimum atomic E-state index is -4.76. The molecule has 0 aliphatic rings. The molecule has 3 aromatic heterocycles. The summed E-state index contributed by atoms with van der Waals surface area (Å²) in [5.74, 6) is -0.803. The Morgan fingerprint density at radius 2 is 1.82 bits per heavy atom.